The van der Waals surface area contributed by atoms with Gasteiger partial charge in [-0.3, -0.25) is 0 Å². The van der Waals surface area contributed by atoms with Crippen molar-refractivity contribution in [3.8, 4) is 0 Å². The lowest BCUT2D eigenvalue weighted by Crippen LogP contribution is -2.39. The van der Waals surface area contributed by atoms with E-state index in [2.05, 4.69) is 20.8 Å². The SMILES string of the molecule is CC(C)(C)OC(=O)NC1(c2ccc(C3=NN=NC3)cc2)CC1. The third kappa shape index (κ3) is 3.16. The molecule has 0 bridgehead atoms. The van der Waals surface area contributed by atoms with Crippen molar-refractivity contribution in [3.05, 3.63) is 35.4 Å². The van der Waals surface area contributed by atoms with Gasteiger partial charge in [0.1, 0.15) is 12.1 Å². The molecule has 1 N–H and O–H groups in total. The molecule has 0 unspecified atom stereocenters. The first-order chi connectivity index (χ1) is 10.4. The molecular weight excluding hydrogens is 280 g/mol. The lowest BCUT2D eigenvalue weighted by atomic mass is 10.0. The molecule has 1 amide bonds. The van der Waals surface area contributed by atoms with Crippen LogP contribution in [-0.4, -0.2) is 24.0 Å². The van der Waals surface area contributed by atoms with Gasteiger partial charge in [-0.25, -0.2) is 4.79 Å². The topological polar surface area (TPSA) is 75.4 Å². The second kappa shape index (κ2) is 5.19. The number of rotatable bonds is 3. The van der Waals surface area contributed by atoms with Gasteiger partial charge in [0.15, 0.2) is 0 Å². The molecule has 3 rings (SSSR count). The van der Waals surface area contributed by atoms with Crippen LogP contribution in [0.25, 0.3) is 0 Å². The van der Waals surface area contributed by atoms with E-state index in [1.54, 1.807) is 0 Å². The minimum absolute atomic E-state index is 0.285. The summed E-state index contributed by atoms with van der Waals surface area (Å²) in [5.74, 6) is 0. The average molecular weight is 300 g/mol. The Hall–Kier alpha value is -2.24. The van der Waals surface area contributed by atoms with E-state index in [9.17, 15) is 4.79 Å². The van der Waals surface area contributed by atoms with E-state index in [0.29, 0.717) is 6.54 Å². The lowest BCUT2D eigenvalue weighted by Gasteiger charge is -2.23. The quantitative estimate of drug-likeness (QED) is 0.929. The third-order valence-electron chi connectivity index (χ3n) is 3.71. The molecule has 1 aromatic rings. The smallest absolute Gasteiger partial charge is 0.408 e. The lowest BCUT2D eigenvalue weighted by molar-refractivity contribution is 0.0495. The van der Waals surface area contributed by atoms with Crippen molar-refractivity contribution in [1.29, 1.82) is 0 Å². The van der Waals surface area contributed by atoms with Crippen LogP contribution in [0.3, 0.4) is 0 Å². The standard InChI is InChI=1S/C16H20N4O2/c1-15(2,3)22-14(21)18-16(8-9-16)12-6-4-11(5-7-12)13-10-17-20-19-13/h4-7H,8-10H2,1-3H3,(H,18,21). The summed E-state index contributed by atoms with van der Waals surface area (Å²) in [6.45, 7) is 6.11. The summed E-state index contributed by atoms with van der Waals surface area (Å²) in [5, 5.41) is 14.5. The molecule has 6 nitrogen and oxygen atoms in total. The number of benzene rings is 1. The number of nitrogens with zero attached hydrogens (tertiary/aromatic N) is 3. The maximum absolute atomic E-state index is 12.0. The first-order valence-corrected chi connectivity index (χ1v) is 7.43. The summed E-state index contributed by atoms with van der Waals surface area (Å²) in [6.07, 6.45) is 1.49. The Kier molecular flexibility index (Phi) is 3.47. The van der Waals surface area contributed by atoms with Crippen LogP contribution in [0.2, 0.25) is 0 Å². The number of amides is 1. The highest BCUT2D eigenvalue weighted by atomic mass is 16.6. The Morgan fingerprint density at radius 1 is 1.23 bits per heavy atom. The number of hydrogen-bond acceptors (Lipinski definition) is 5. The molecule has 0 spiro atoms. The van der Waals surface area contributed by atoms with Gasteiger partial charge >= 0.3 is 6.09 Å². The molecular formula is C16H20N4O2. The summed E-state index contributed by atoms with van der Waals surface area (Å²) in [7, 11) is 0. The zero-order chi connectivity index (χ0) is 15.8. The van der Waals surface area contributed by atoms with Crippen molar-refractivity contribution in [2.45, 2.75) is 44.8 Å². The Balaban J connectivity index is 1.69. The Morgan fingerprint density at radius 2 is 1.91 bits per heavy atom. The fraction of sp³-hybridized carbons (Fsp3) is 0.500. The zero-order valence-electron chi connectivity index (χ0n) is 13.1. The van der Waals surface area contributed by atoms with Crippen LogP contribution >= 0.6 is 0 Å². The first kappa shape index (κ1) is 14.7. The number of hydrogen-bond donors (Lipinski definition) is 1. The molecule has 1 aromatic carbocycles. The van der Waals surface area contributed by atoms with Crippen LogP contribution in [0.15, 0.2) is 39.7 Å². The van der Waals surface area contributed by atoms with Crippen LogP contribution < -0.4 is 5.32 Å². The summed E-state index contributed by atoms with van der Waals surface area (Å²) >= 11 is 0. The summed E-state index contributed by atoms with van der Waals surface area (Å²) in [5.41, 5.74) is 2.21. The second-order valence-corrected chi connectivity index (χ2v) is 6.72. The largest absolute Gasteiger partial charge is 0.444 e. The van der Waals surface area contributed by atoms with Gasteiger partial charge in [-0.1, -0.05) is 24.3 Å². The molecule has 1 aliphatic carbocycles. The van der Waals surface area contributed by atoms with Crippen molar-refractivity contribution >= 4 is 11.8 Å². The van der Waals surface area contributed by atoms with Crippen molar-refractivity contribution in [2.75, 3.05) is 6.54 Å². The van der Waals surface area contributed by atoms with Gasteiger partial charge in [0, 0.05) is 0 Å². The highest BCUT2D eigenvalue weighted by Crippen LogP contribution is 2.45. The molecule has 6 heteroatoms. The number of nitrogens with one attached hydrogen (secondary N) is 1. The van der Waals surface area contributed by atoms with Crippen molar-refractivity contribution in [1.82, 2.24) is 5.32 Å². The van der Waals surface area contributed by atoms with E-state index in [1.165, 1.54) is 0 Å². The van der Waals surface area contributed by atoms with Crippen molar-refractivity contribution in [2.24, 2.45) is 15.4 Å². The van der Waals surface area contributed by atoms with Crippen LogP contribution in [0, 0.1) is 0 Å². The Morgan fingerprint density at radius 3 is 2.41 bits per heavy atom. The zero-order valence-corrected chi connectivity index (χ0v) is 13.1. The Bertz CT molecular complexity index is 637. The predicted octanol–water partition coefficient (Wildman–Crippen LogP) is 3.37. The third-order valence-corrected chi connectivity index (χ3v) is 3.71. The highest BCUT2D eigenvalue weighted by Gasteiger charge is 2.46. The molecule has 1 heterocycles. The molecule has 0 atom stereocenters. The van der Waals surface area contributed by atoms with Gasteiger partial charge in [0.2, 0.25) is 0 Å². The summed E-state index contributed by atoms with van der Waals surface area (Å²) in [4.78, 5) is 12.0. The van der Waals surface area contributed by atoms with E-state index in [-0.39, 0.29) is 11.6 Å². The van der Waals surface area contributed by atoms with E-state index in [1.807, 2.05) is 45.0 Å². The number of ether oxygens (including phenoxy) is 1. The van der Waals surface area contributed by atoms with Crippen molar-refractivity contribution < 1.29 is 9.53 Å². The number of carbonyl (C=O) groups excluding carboxylic acids is 1. The van der Waals surface area contributed by atoms with E-state index >= 15 is 0 Å². The van der Waals surface area contributed by atoms with Gasteiger partial charge in [-0.2, -0.15) is 5.11 Å². The minimum atomic E-state index is -0.488. The molecule has 0 saturated heterocycles. The fourth-order valence-corrected chi connectivity index (χ4v) is 2.46. The fourth-order valence-electron chi connectivity index (χ4n) is 2.46. The Labute approximate surface area is 129 Å². The normalized spacial score (nSPS) is 18.8. The van der Waals surface area contributed by atoms with Gasteiger partial charge in [0.05, 0.1) is 11.3 Å². The second-order valence-electron chi connectivity index (χ2n) is 6.72. The van der Waals surface area contributed by atoms with Crippen molar-refractivity contribution in [3.63, 3.8) is 0 Å². The average Bonchev–Trinajstić information content (AvgIpc) is 3.01. The molecule has 22 heavy (non-hydrogen) atoms. The molecule has 0 aromatic heterocycles. The molecule has 0 radical (unpaired) electrons. The molecule has 2 aliphatic rings. The number of alkyl carbamates (subject to hydrolysis) is 1. The summed E-state index contributed by atoms with van der Waals surface area (Å²) < 4.78 is 5.35. The monoisotopic (exact) mass is 300 g/mol. The maximum Gasteiger partial charge on any atom is 0.408 e. The molecule has 1 fully saturated rings. The summed E-state index contributed by atoms with van der Waals surface area (Å²) in [6, 6.07) is 8.06. The van der Waals surface area contributed by atoms with E-state index in [4.69, 9.17) is 4.74 Å². The minimum Gasteiger partial charge on any atom is -0.444 e. The molecule has 116 valence electrons. The van der Waals surface area contributed by atoms with Crippen LogP contribution in [-0.2, 0) is 10.3 Å². The highest BCUT2D eigenvalue weighted by molar-refractivity contribution is 6.02. The van der Waals surface area contributed by atoms with Crippen LogP contribution in [0.1, 0.15) is 44.7 Å². The van der Waals surface area contributed by atoms with Gasteiger partial charge in [-0.15, -0.1) is 5.10 Å². The maximum atomic E-state index is 12.0. The van der Waals surface area contributed by atoms with E-state index < -0.39 is 5.60 Å². The molecule has 1 aliphatic heterocycles. The van der Waals surface area contributed by atoms with Gasteiger partial charge in [-0.05, 0) is 50.0 Å². The predicted molar refractivity (Wildman–Crippen MR) is 83.0 cm³/mol. The van der Waals surface area contributed by atoms with Gasteiger partial charge in [0.25, 0.3) is 0 Å². The van der Waals surface area contributed by atoms with E-state index in [0.717, 1.165) is 29.7 Å². The first-order valence-electron chi connectivity index (χ1n) is 7.43. The number of carbonyl (C=O) groups is 1. The van der Waals surface area contributed by atoms with Gasteiger partial charge < -0.3 is 10.1 Å². The molecule has 1 saturated carbocycles. The van der Waals surface area contributed by atoms with Crippen LogP contribution in [0.4, 0.5) is 4.79 Å². The van der Waals surface area contributed by atoms with Crippen LogP contribution in [0.5, 0.6) is 0 Å².